The van der Waals surface area contributed by atoms with Crippen LogP contribution >= 0.6 is 24.8 Å². The van der Waals surface area contributed by atoms with E-state index in [2.05, 4.69) is 74.3 Å². The third kappa shape index (κ3) is 20.6. The molecule has 15 N–H and O–H groups in total. The number of carboxylic acids is 2. The van der Waals surface area contributed by atoms with Crippen LogP contribution in [-0.2, 0) is 0 Å². The summed E-state index contributed by atoms with van der Waals surface area (Å²) in [5, 5.41) is 44.0. The number of carbonyl (C=O) groups is 4. The average Bonchev–Trinajstić information content (AvgIpc) is 1.50. The number of benzene rings is 7. The van der Waals surface area contributed by atoms with Crippen LogP contribution in [0, 0.1) is 0 Å². The zero-order valence-corrected chi connectivity index (χ0v) is 50.3. The number of nitrogen functional groups attached to an aromatic ring is 1. The van der Waals surface area contributed by atoms with E-state index in [1.807, 2.05) is 113 Å². The summed E-state index contributed by atoms with van der Waals surface area (Å²) in [6.45, 7) is 4.95. The van der Waals surface area contributed by atoms with Crippen LogP contribution in [0.3, 0.4) is 0 Å². The number of Topliss-reactive ketones (excluding diaryl/α,β-unsaturated/α-hetero) is 1. The van der Waals surface area contributed by atoms with E-state index in [1.54, 1.807) is 56.4 Å². The fraction of sp³-hybridized carbons (Fsp3) is 0.111. The molecular weight excluding hydrogens is 1150 g/mol. The number of nitrogens with zero attached hydrogens (tertiary/aromatic N) is 8. The van der Waals surface area contributed by atoms with Crippen molar-refractivity contribution >= 4 is 139 Å². The molecular formula is C63H68Cl2N16O6. The molecule has 9 aromatic rings. The number of rotatable bonds is 15. The molecule has 0 atom stereocenters. The van der Waals surface area contributed by atoms with Crippen molar-refractivity contribution in [3.05, 3.63) is 216 Å². The maximum Gasteiger partial charge on any atom is 0.335 e. The minimum atomic E-state index is -0.981. The van der Waals surface area contributed by atoms with E-state index in [0.717, 1.165) is 72.7 Å². The van der Waals surface area contributed by atoms with Crippen LogP contribution in [-0.4, -0.2) is 95.3 Å². The van der Waals surface area contributed by atoms with Crippen LogP contribution in [0.25, 0.3) is 21.8 Å². The van der Waals surface area contributed by atoms with Crippen molar-refractivity contribution in [1.29, 1.82) is 0 Å². The summed E-state index contributed by atoms with van der Waals surface area (Å²) in [7, 11) is 8.09. The Balaban J connectivity index is 0.000000270. The molecule has 9 rings (SSSR count). The van der Waals surface area contributed by atoms with Gasteiger partial charge in [-0.2, -0.15) is 10.2 Å². The third-order valence-electron chi connectivity index (χ3n) is 12.4. The lowest BCUT2D eigenvalue weighted by Crippen LogP contribution is -2.22. The summed E-state index contributed by atoms with van der Waals surface area (Å²) in [5.41, 5.74) is 40.3. The fourth-order valence-electron chi connectivity index (χ4n) is 7.71. The van der Waals surface area contributed by atoms with Crippen LogP contribution in [0.1, 0.15) is 73.3 Å². The van der Waals surface area contributed by atoms with Gasteiger partial charge in [0.1, 0.15) is 0 Å². The third-order valence-corrected chi connectivity index (χ3v) is 12.4. The van der Waals surface area contributed by atoms with Crippen molar-refractivity contribution in [1.82, 2.24) is 9.97 Å². The molecule has 0 aliphatic rings. The summed E-state index contributed by atoms with van der Waals surface area (Å²) in [5.74, 6) is -2.46. The molecule has 0 bridgehead atoms. The average molecular weight is 1220 g/mol. The van der Waals surface area contributed by atoms with Gasteiger partial charge in [0.2, 0.25) is 11.9 Å². The molecule has 0 radical (unpaired) electrons. The Morgan fingerprint density at radius 3 is 1.14 bits per heavy atom. The number of hydrogen-bond donors (Lipinski definition) is 10. The topological polar surface area (TPSA) is 357 Å². The van der Waals surface area contributed by atoms with Crippen molar-refractivity contribution < 1.29 is 29.4 Å². The number of hydrogen-bond acceptors (Lipinski definition) is 15. The van der Waals surface area contributed by atoms with E-state index in [4.69, 9.17) is 38.9 Å². The SMILES string of the molecule is C/C(=N/N=C(N)N)c1ccc(C(=O)O)cc1.C/C(=N\N=C(N)N)c1ccc(C(=O)Nc2ccc(Nc3ccnc4ccc(N(C)C)cc34)cc2)cc1.CC(=O)c1ccc(C(=O)O)cc1.CN(C)c1ccc2nccc(Nc3ccc(N)cc3)c2c1.Cl.Cl. The zero-order valence-electron chi connectivity index (χ0n) is 48.6. The Kier molecular flexibility index (Phi) is 25.7. The lowest BCUT2D eigenvalue weighted by Gasteiger charge is -2.15. The van der Waals surface area contributed by atoms with Crippen LogP contribution in [0.15, 0.2) is 203 Å². The second kappa shape index (κ2) is 32.7. The quantitative estimate of drug-likeness (QED) is 0.0150. The predicted molar refractivity (Wildman–Crippen MR) is 358 cm³/mol. The molecule has 0 fully saturated rings. The summed E-state index contributed by atoms with van der Waals surface area (Å²) < 4.78 is 0. The summed E-state index contributed by atoms with van der Waals surface area (Å²) >= 11 is 0. The number of fused-ring (bicyclic) bond motifs is 2. The lowest BCUT2D eigenvalue weighted by atomic mass is 10.1. The molecule has 87 heavy (non-hydrogen) atoms. The molecule has 450 valence electrons. The number of carbonyl (C=O) groups excluding carboxylic acids is 2. The van der Waals surface area contributed by atoms with Crippen molar-refractivity contribution in [2.75, 3.05) is 59.7 Å². The highest BCUT2D eigenvalue weighted by Gasteiger charge is 2.11. The highest BCUT2D eigenvalue weighted by Crippen LogP contribution is 2.31. The number of pyridine rings is 2. The molecule has 2 aromatic heterocycles. The maximum absolute atomic E-state index is 12.7. The number of guanidine groups is 2. The molecule has 2 heterocycles. The van der Waals surface area contributed by atoms with Crippen molar-refractivity contribution in [2.45, 2.75) is 20.8 Å². The Morgan fingerprint density at radius 1 is 0.437 bits per heavy atom. The molecule has 0 unspecified atom stereocenters. The minimum absolute atomic E-state index is 0. The Labute approximate surface area is 515 Å². The van der Waals surface area contributed by atoms with Gasteiger partial charge in [-0.3, -0.25) is 19.6 Å². The number of anilines is 8. The monoisotopic (exact) mass is 1210 g/mol. The van der Waals surface area contributed by atoms with E-state index in [9.17, 15) is 19.2 Å². The molecule has 24 heteroatoms. The first-order chi connectivity index (χ1) is 40.5. The summed E-state index contributed by atoms with van der Waals surface area (Å²) in [6.07, 6.45) is 3.60. The first-order valence-corrected chi connectivity index (χ1v) is 26.0. The second-order valence-corrected chi connectivity index (χ2v) is 19.1. The van der Waals surface area contributed by atoms with Crippen LogP contribution in [0.2, 0.25) is 0 Å². The van der Waals surface area contributed by atoms with Gasteiger partial charge in [-0.05, 0) is 165 Å². The number of amides is 1. The first kappa shape index (κ1) is 68.4. The highest BCUT2D eigenvalue weighted by atomic mass is 35.5. The van der Waals surface area contributed by atoms with Gasteiger partial charge >= 0.3 is 11.9 Å². The van der Waals surface area contributed by atoms with E-state index < -0.39 is 11.9 Å². The zero-order chi connectivity index (χ0) is 61.7. The Hall–Kier alpha value is -11.1. The van der Waals surface area contributed by atoms with Crippen molar-refractivity contribution in [2.24, 2.45) is 43.3 Å². The van der Waals surface area contributed by atoms with Crippen molar-refractivity contribution in [3.63, 3.8) is 0 Å². The van der Waals surface area contributed by atoms with E-state index in [1.165, 1.54) is 43.3 Å². The summed E-state index contributed by atoms with van der Waals surface area (Å²) in [4.78, 5) is 57.5. The predicted octanol–water partition coefficient (Wildman–Crippen LogP) is 10.7. The number of nitrogens with two attached hydrogens (primary N) is 5. The van der Waals surface area contributed by atoms with Gasteiger partial charge in [0.15, 0.2) is 5.78 Å². The molecule has 0 saturated heterocycles. The Morgan fingerprint density at radius 2 is 0.782 bits per heavy atom. The molecule has 7 aromatic carbocycles. The van der Waals surface area contributed by atoms with E-state index in [0.29, 0.717) is 28.2 Å². The van der Waals surface area contributed by atoms with Gasteiger partial charge in [-0.1, -0.05) is 36.4 Å². The molecule has 1 amide bonds. The largest absolute Gasteiger partial charge is 0.478 e. The highest BCUT2D eigenvalue weighted by molar-refractivity contribution is 6.06. The molecule has 0 saturated carbocycles. The first-order valence-electron chi connectivity index (χ1n) is 26.0. The van der Waals surface area contributed by atoms with Crippen LogP contribution < -0.4 is 54.4 Å². The van der Waals surface area contributed by atoms with Gasteiger partial charge in [0.25, 0.3) is 5.91 Å². The van der Waals surface area contributed by atoms with E-state index >= 15 is 0 Å². The second-order valence-electron chi connectivity index (χ2n) is 19.1. The smallest absolute Gasteiger partial charge is 0.335 e. The van der Waals surface area contributed by atoms with Gasteiger partial charge in [-0.15, -0.1) is 35.0 Å². The molecule has 0 aliphatic heterocycles. The summed E-state index contributed by atoms with van der Waals surface area (Å²) in [6, 6.07) is 50.8. The van der Waals surface area contributed by atoms with Gasteiger partial charge < -0.3 is 64.6 Å². The number of aromatic nitrogens is 2. The fourth-order valence-corrected chi connectivity index (χ4v) is 7.71. The van der Waals surface area contributed by atoms with E-state index in [-0.39, 0.29) is 59.6 Å². The Bertz CT molecular complexity index is 3900. The van der Waals surface area contributed by atoms with Gasteiger partial charge in [0, 0.05) is 108 Å². The van der Waals surface area contributed by atoms with Crippen molar-refractivity contribution in [3.8, 4) is 0 Å². The van der Waals surface area contributed by atoms with Gasteiger partial charge in [0.05, 0.1) is 33.6 Å². The number of aromatic carboxylic acids is 2. The molecule has 22 nitrogen and oxygen atoms in total. The lowest BCUT2D eigenvalue weighted by molar-refractivity contribution is 0.0686. The normalized spacial score (nSPS) is 10.5. The maximum atomic E-state index is 12.7. The molecule has 0 aliphatic carbocycles. The van der Waals surface area contributed by atoms with Gasteiger partial charge in [-0.25, -0.2) is 9.59 Å². The number of carboxylic acid groups (broad SMARTS) is 2. The number of halogens is 2. The number of ketones is 1. The molecule has 0 spiro atoms. The van der Waals surface area contributed by atoms with Crippen LogP contribution in [0.4, 0.5) is 45.5 Å². The standard InChI is InChI=1S/C27H28N8O.C17H18N4.C10H12N4O2.C9H8O3.2ClH/c1-17(33-34-27(28)29)18-4-6-19(7-5-18)26(36)32-21-10-8-20(9-11-21)31-25-14-15-30-24-13-12-22(35(2)3)16-23(24)25;1-21(2)14-7-8-16-15(11-14)17(9-10-19-16)20-13-5-3-12(18)4-6-13;1-6(13-14-10(11)12)7-2-4-8(5-3-7)9(15)16;1-6(10)7-2-4-8(5-3-7)9(11)12;;/h4-16H,1-3H3,(H,30,31)(H,32,36)(H4,28,29,34);3-11H,18H2,1-2H3,(H,19,20);2-5H,1H3,(H,15,16)(H4,11,12,14);2-5H,1H3,(H,11,12);2*1H/b33-17+;;13-6-;;;. The van der Waals surface area contributed by atoms with Crippen LogP contribution in [0.5, 0.6) is 0 Å². The number of nitrogens with one attached hydrogen (secondary N) is 3. The minimum Gasteiger partial charge on any atom is -0.478 e.